The van der Waals surface area contributed by atoms with Crippen LogP contribution in [0.2, 0.25) is 0 Å². The van der Waals surface area contributed by atoms with E-state index in [-0.39, 0.29) is 0 Å². The van der Waals surface area contributed by atoms with Gasteiger partial charge in [-0.05, 0) is 44.2 Å². The highest BCUT2D eigenvalue weighted by Crippen LogP contribution is 2.21. The van der Waals surface area contributed by atoms with E-state index >= 15 is 0 Å². The minimum absolute atomic E-state index is 0.397. The molecule has 3 rings (SSSR count). The lowest BCUT2D eigenvalue weighted by atomic mass is 10.0. The molecule has 1 aromatic carbocycles. The molecule has 0 fully saturated rings. The molecule has 0 aliphatic rings. The van der Waals surface area contributed by atoms with E-state index in [1.54, 1.807) is 0 Å². The number of para-hydroxylation sites is 2. The number of anilines is 1. The zero-order chi connectivity index (χ0) is 19.2. The smallest absolute Gasteiger partial charge is 0.204 e. The molecule has 144 valence electrons. The predicted octanol–water partition coefficient (Wildman–Crippen LogP) is 4.56. The Morgan fingerprint density at radius 3 is 2.74 bits per heavy atom. The zero-order valence-corrected chi connectivity index (χ0v) is 16.5. The van der Waals surface area contributed by atoms with Gasteiger partial charge in [0.15, 0.2) is 5.82 Å². The first-order valence-corrected chi connectivity index (χ1v) is 9.92. The van der Waals surface area contributed by atoms with Gasteiger partial charge in [-0.25, -0.2) is 4.98 Å². The van der Waals surface area contributed by atoms with E-state index in [4.69, 9.17) is 4.98 Å². The molecule has 6 heteroatoms. The van der Waals surface area contributed by atoms with Crippen LogP contribution >= 0.6 is 0 Å². The quantitative estimate of drug-likeness (QED) is 0.532. The highest BCUT2D eigenvalue weighted by Gasteiger charge is 2.12. The lowest BCUT2D eigenvalue weighted by molar-refractivity contribution is -0.119. The first-order valence-electron chi connectivity index (χ1n) is 9.92. The number of benzene rings is 1. The fourth-order valence-electron chi connectivity index (χ4n) is 3.25. The van der Waals surface area contributed by atoms with Gasteiger partial charge >= 0.3 is 0 Å². The third-order valence-electron chi connectivity index (χ3n) is 4.82. The fourth-order valence-corrected chi connectivity index (χ4v) is 3.25. The molecule has 0 saturated heterocycles. The molecule has 0 amide bonds. The molecule has 0 saturated carbocycles. The van der Waals surface area contributed by atoms with Crippen LogP contribution in [0.15, 0.2) is 24.3 Å². The van der Waals surface area contributed by atoms with Crippen LogP contribution in [0.4, 0.5) is 5.82 Å². The molecule has 0 aliphatic carbocycles. The van der Waals surface area contributed by atoms with Crippen molar-refractivity contribution in [3.8, 4) is 0 Å². The normalized spacial score (nSPS) is 11.6. The molecule has 3 aromatic rings. The molecule has 0 radical (unpaired) electrons. The maximum absolute atomic E-state index is 11.8. The van der Waals surface area contributed by atoms with Gasteiger partial charge in [-0.1, -0.05) is 32.4 Å². The number of hydrogen-bond donors (Lipinski definition) is 1. The lowest BCUT2D eigenvalue weighted by Gasteiger charge is -2.09. The number of nitrogens with zero attached hydrogens (tertiary/aromatic N) is 4. The summed E-state index contributed by atoms with van der Waals surface area (Å²) in [6, 6.07) is 8.02. The van der Waals surface area contributed by atoms with Crippen LogP contribution in [0, 0.1) is 12.8 Å². The first kappa shape index (κ1) is 19.3. The fraction of sp³-hybridized carbons (Fsp3) is 0.524. The lowest BCUT2D eigenvalue weighted by Crippen LogP contribution is -2.07. The average molecular weight is 367 g/mol. The Hall–Kier alpha value is -2.50. The number of nitrogens with one attached hydrogen (secondary N) is 1. The molecular weight excluding hydrogens is 338 g/mol. The molecule has 2 aromatic heterocycles. The monoisotopic (exact) mass is 367 g/mol. The number of unbranched alkanes of at least 4 members (excludes halogenated alkanes) is 2. The Bertz CT molecular complexity index is 915. The first-order chi connectivity index (χ1) is 13.1. The van der Waals surface area contributed by atoms with E-state index in [1.165, 1.54) is 0 Å². The molecule has 0 atom stereocenters. The standard InChI is InChI=1S/C21H29N5O/c1-15(2)12-13-17(27)9-5-4-8-14-22-20-21-25-24-16(3)26(21)19-11-7-6-10-18(19)23-20/h6-7,10-11,15H,4-5,8-9,12-14H2,1-3H3,(H,22,23). The summed E-state index contributed by atoms with van der Waals surface area (Å²) in [7, 11) is 0. The van der Waals surface area contributed by atoms with Gasteiger partial charge in [0.05, 0.1) is 11.0 Å². The molecule has 6 nitrogen and oxygen atoms in total. The molecule has 1 N–H and O–H groups in total. The van der Waals surface area contributed by atoms with Gasteiger partial charge in [0.1, 0.15) is 11.6 Å². The number of carbonyl (C=O) groups is 1. The topological polar surface area (TPSA) is 72.2 Å². The molecular formula is C21H29N5O. The van der Waals surface area contributed by atoms with Crippen molar-refractivity contribution in [1.29, 1.82) is 0 Å². The van der Waals surface area contributed by atoms with Crippen LogP contribution in [0.25, 0.3) is 16.7 Å². The molecule has 2 heterocycles. The van der Waals surface area contributed by atoms with Crippen molar-refractivity contribution in [2.75, 3.05) is 11.9 Å². The van der Waals surface area contributed by atoms with E-state index in [2.05, 4.69) is 29.4 Å². The number of rotatable bonds is 10. The highest BCUT2D eigenvalue weighted by atomic mass is 16.1. The van der Waals surface area contributed by atoms with Gasteiger partial charge in [-0.2, -0.15) is 0 Å². The Kier molecular flexibility index (Phi) is 6.37. The summed E-state index contributed by atoms with van der Waals surface area (Å²) in [4.78, 5) is 16.5. The highest BCUT2D eigenvalue weighted by molar-refractivity contribution is 5.82. The molecule has 27 heavy (non-hydrogen) atoms. The van der Waals surface area contributed by atoms with Crippen LogP contribution in [-0.2, 0) is 4.79 Å². The van der Waals surface area contributed by atoms with Crippen molar-refractivity contribution in [1.82, 2.24) is 19.6 Å². The van der Waals surface area contributed by atoms with Crippen molar-refractivity contribution >= 4 is 28.3 Å². The van der Waals surface area contributed by atoms with Crippen molar-refractivity contribution in [2.24, 2.45) is 5.92 Å². The van der Waals surface area contributed by atoms with Crippen LogP contribution < -0.4 is 5.32 Å². The van der Waals surface area contributed by atoms with Gasteiger partial charge in [-0.15, -0.1) is 10.2 Å². The van der Waals surface area contributed by atoms with Gasteiger partial charge in [0.2, 0.25) is 5.65 Å². The van der Waals surface area contributed by atoms with E-state index in [0.29, 0.717) is 18.1 Å². The van der Waals surface area contributed by atoms with Gasteiger partial charge < -0.3 is 5.32 Å². The average Bonchev–Trinajstić information content (AvgIpc) is 3.05. The number of fused-ring (bicyclic) bond motifs is 3. The Morgan fingerprint density at radius 2 is 1.93 bits per heavy atom. The zero-order valence-electron chi connectivity index (χ0n) is 16.5. The summed E-state index contributed by atoms with van der Waals surface area (Å²) >= 11 is 0. The summed E-state index contributed by atoms with van der Waals surface area (Å²) in [5, 5.41) is 11.9. The summed E-state index contributed by atoms with van der Waals surface area (Å²) in [5.41, 5.74) is 2.70. The third-order valence-corrected chi connectivity index (χ3v) is 4.82. The Morgan fingerprint density at radius 1 is 1.11 bits per heavy atom. The van der Waals surface area contributed by atoms with E-state index in [9.17, 15) is 4.79 Å². The maximum Gasteiger partial charge on any atom is 0.204 e. The molecule has 0 unspecified atom stereocenters. The van der Waals surface area contributed by atoms with Crippen LogP contribution in [-0.4, -0.2) is 31.9 Å². The van der Waals surface area contributed by atoms with Crippen molar-refractivity contribution in [3.63, 3.8) is 0 Å². The van der Waals surface area contributed by atoms with Crippen molar-refractivity contribution in [2.45, 2.75) is 59.3 Å². The summed E-state index contributed by atoms with van der Waals surface area (Å²) in [5.74, 6) is 2.62. The van der Waals surface area contributed by atoms with Gasteiger partial charge in [0, 0.05) is 19.4 Å². The number of aromatic nitrogens is 4. The van der Waals surface area contributed by atoms with Crippen molar-refractivity contribution in [3.05, 3.63) is 30.1 Å². The number of hydrogen-bond acceptors (Lipinski definition) is 5. The number of Topliss-reactive ketones (excluding diaryl/α,β-unsaturated/α-hetero) is 1. The third kappa shape index (κ3) is 4.81. The van der Waals surface area contributed by atoms with Gasteiger partial charge in [0.25, 0.3) is 0 Å². The minimum atomic E-state index is 0.397. The number of carbonyl (C=O) groups excluding carboxylic acids is 1. The maximum atomic E-state index is 11.8. The van der Waals surface area contributed by atoms with E-state index in [0.717, 1.165) is 67.0 Å². The number of aryl methyl sites for hydroxylation is 1. The van der Waals surface area contributed by atoms with Crippen molar-refractivity contribution < 1.29 is 4.79 Å². The second kappa shape index (κ2) is 8.93. The largest absolute Gasteiger partial charge is 0.367 e. The Labute approximate surface area is 160 Å². The summed E-state index contributed by atoms with van der Waals surface area (Å²) in [6.07, 6.45) is 5.43. The second-order valence-corrected chi connectivity index (χ2v) is 7.56. The minimum Gasteiger partial charge on any atom is -0.367 e. The summed E-state index contributed by atoms with van der Waals surface area (Å²) < 4.78 is 2.04. The molecule has 0 spiro atoms. The Balaban J connectivity index is 1.53. The second-order valence-electron chi connectivity index (χ2n) is 7.56. The van der Waals surface area contributed by atoms with Crippen LogP contribution in [0.5, 0.6) is 0 Å². The predicted molar refractivity (Wildman–Crippen MR) is 109 cm³/mol. The van der Waals surface area contributed by atoms with E-state index < -0.39 is 0 Å². The molecule has 0 bridgehead atoms. The van der Waals surface area contributed by atoms with Crippen LogP contribution in [0.1, 0.15) is 58.2 Å². The van der Waals surface area contributed by atoms with Gasteiger partial charge in [-0.3, -0.25) is 9.20 Å². The SMILES string of the molecule is Cc1nnc2c(NCCCCCC(=O)CCC(C)C)nc3ccccc3n12. The van der Waals surface area contributed by atoms with Crippen LogP contribution in [0.3, 0.4) is 0 Å². The summed E-state index contributed by atoms with van der Waals surface area (Å²) in [6.45, 7) is 7.08. The number of ketones is 1. The molecule has 0 aliphatic heterocycles. The van der Waals surface area contributed by atoms with E-state index in [1.807, 2.05) is 35.6 Å².